The molecule has 0 aliphatic rings. The Balaban J connectivity index is 2.91. The molecule has 0 saturated heterocycles. The van der Waals surface area contributed by atoms with Crippen molar-refractivity contribution in [3.05, 3.63) is 33.6 Å². The second-order valence-corrected chi connectivity index (χ2v) is 5.17. The molecule has 116 valence electrons. The van der Waals surface area contributed by atoms with Crippen LogP contribution in [-0.2, 0) is 4.74 Å². The summed E-state index contributed by atoms with van der Waals surface area (Å²) in [5.74, 6) is -3.03. The van der Waals surface area contributed by atoms with Crippen LogP contribution in [0.4, 0.5) is 10.1 Å². The van der Waals surface area contributed by atoms with E-state index in [1.807, 2.05) is 20.8 Å². The van der Waals surface area contributed by atoms with Crippen molar-refractivity contribution in [3.63, 3.8) is 0 Å². The zero-order valence-electron chi connectivity index (χ0n) is 11.9. The van der Waals surface area contributed by atoms with E-state index in [-0.39, 0.29) is 19.0 Å². The normalized spacial score (nSPS) is 11.2. The van der Waals surface area contributed by atoms with Crippen LogP contribution in [-0.4, -0.2) is 34.8 Å². The van der Waals surface area contributed by atoms with Gasteiger partial charge < -0.3 is 14.6 Å². The van der Waals surface area contributed by atoms with Gasteiger partial charge in [-0.15, -0.1) is 0 Å². The van der Waals surface area contributed by atoms with Crippen LogP contribution in [0, 0.1) is 15.9 Å². The molecule has 1 aromatic carbocycles. The molecule has 0 amide bonds. The van der Waals surface area contributed by atoms with Gasteiger partial charge >= 0.3 is 11.7 Å². The van der Waals surface area contributed by atoms with Crippen LogP contribution < -0.4 is 4.74 Å². The van der Waals surface area contributed by atoms with Crippen LogP contribution in [0.25, 0.3) is 0 Å². The number of nitro benzene ring substituents is 1. The van der Waals surface area contributed by atoms with Crippen molar-refractivity contribution in [2.75, 3.05) is 13.2 Å². The molecule has 0 aliphatic carbocycles. The zero-order chi connectivity index (χ0) is 16.2. The molecule has 0 fully saturated rings. The third kappa shape index (κ3) is 4.99. The molecule has 8 heteroatoms. The van der Waals surface area contributed by atoms with E-state index in [0.29, 0.717) is 6.07 Å². The molecule has 0 radical (unpaired) electrons. The summed E-state index contributed by atoms with van der Waals surface area (Å²) in [6.07, 6.45) is 0. The van der Waals surface area contributed by atoms with Crippen molar-refractivity contribution in [3.8, 4) is 5.75 Å². The Kier molecular flexibility index (Phi) is 5.20. The van der Waals surface area contributed by atoms with Gasteiger partial charge in [-0.05, 0) is 20.8 Å². The van der Waals surface area contributed by atoms with Crippen LogP contribution >= 0.6 is 0 Å². The highest BCUT2D eigenvalue weighted by atomic mass is 19.1. The number of aromatic carboxylic acids is 1. The smallest absolute Gasteiger partial charge is 0.338 e. The van der Waals surface area contributed by atoms with Gasteiger partial charge in [-0.25, -0.2) is 9.18 Å². The second-order valence-electron chi connectivity index (χ2n) is 5.17. The Bertz CT molecular complexity index is 552. The van der Waals surface area contributed by atoms with Gasteiger partial charge in [0.15, 0.2) is 5.75 Å². The van der Waals surface area contributed by atoms with Crippen molar-refractivity contribution >= 4 is 11.7 Å². The van der Waals surface area contributed by atoms with Crippen LogP contribution in [0.3, 0.4) is 0 Å². The highest BCUT2D eigenvalue weighted by Gasteiger charge is 2.23. The Morgan fingerprint density at radius 2 is 2.00 bits per heavy atom. The SMILES string of the molecule is CC(C)(C)OCCOc1cc(C(=O)O)c(F)cc1[N+](=O)[O-]. The van der Waals surface area contributed by atoms with E-state index in [4.69, 9.17) is 14.6 Å². The van der Waals surface area contributed by atoms with E-state index >= 15 is 0 Å². The molecule has 1 rings (SSSR count). The summed E-state index contributed by atoms with van der Waals surface area (Å²) in [6, 6.07) is 1.33. The van der Waals surface area contributed by atoms with E-state index in [1.54, 1.807) is 0 Å². The molecule has 0 atom stereocenters. The van der Waals surface area contributed by atoms with Gasteiger partial charge in [-0.3, -0.25) is 10.1 Å². The molecule has 0 aliphatic heterocycles. The maximum absolute atomic E-state index is 13.4. The van der Waals surface area contributed by atoms with Crippen LogP contribution in [0.5, 0.6) is 5.75 Å². The minimum atomic E-state index is -1.53. The molecule has 0 unspecified atom stereocenters. The number of hydrogen-bond acceptors (Lipinski definition) is 5. The van der Waals surface area contributed by atoms with Gasteiger partial charge in [0.05, 0.1) is 28.8 Å². The topological polar surface area (TPSA) is 98.9 Å². The molecule has 7 nitrogen and oxygen atoms in total. The van der Waals surface area contributed by atoms with Crippen LogP contribution in [0.1, 0.15) is 31.1 Å². The van der Waals surface area contributed by atoms with E-state index in [9.17, 15) is 19.3 Å². The maximum atomic E-state index is 13.4. The fourth-order valence-electron chi connectivity index (χ4n) is 1.46. The fraction of sp³-hybridized carbons (Fsp3) is 0.462. The van der Waals surface area contributed by atoms with E-state index in [2.05, 4.69) is 0 Å². The molecule has 0 heterocycles. The number of halogens is 1. The largest absolute Gasteiger partial charge is 0.484 e. The first-order valence-electron chi connectivity index (χ1n) is 6.10. The molecule has 21 heavy (non-hydrogen) atoms. The Morgan fingerprint density at radius 3 is 2.48 bits per heavy atom. The number of carboxylic acid groups (broad SMARTS) is 1. The van der Waals surface area contributed by atoms with Crippen molar-refractivity contribution < 1.29 is 28.7 Å². The van der Waals surface area contributed by atoms with Gasteiger partial charge in [-0.2, -0.15) is 0 Å². The molecule has 1 N–H and O–H groups in total. The average molecular weight is 301 g/mol. The van der Waals surface area contributed by atoms with Crippen LogP contribution in [0.15, 0.2) is 12.1 Å². The summed E-state index contributed by atoms with van der Waals surface area (Å²) in [7, 11) is 0. The summed E-state index contributed by atoms with van der Waals surface area (Å²) in [5, 5.41) is 19.6. The summed E-state index contributed by atoms with van der Waals surface area (Å²) < 4.78 is 23.9. The van der Waals surface area contributed by atoms with E-state index in [0.717, 1.165) is 6.07 Å². The van der Waals surface area contributed by atoms with Gasteiger partial charge in [0, 0.05) is 6.07 Å². The fourth-order valence-corrected chi connectivity index (χ4v) is 1.46. The number of carbonyl (C=O) groups is 1. The minimum absolute atomic E-state index is 0.0250. The lowest BCUT2D eigenvalue weighted by molar-refractivity contribution is -0.386. The average Bonchev–Trinajstić information content (AvgIpc) is 2.33. The molecule has 0 bridgehead atoms. The maximum Gasteiger partial charge on any atom is 0.338 e. The Morgan fingerprint density at radius 1 is 1.38 bits per heavy atom. The quantitative estimate of drug-likeness (QED) is 0.492. The first kappa shape index (κ1) is 16.8. The van der Waals surface area contributed by atoms with E-state index in [1.165, 1.54) is 0 Å². The minimum Gasteiger partial charge on any atom is -0.484 e. The number of benzene rings is 1. The van der Waals surface area contributed by atoms with Crippen molar-refractivity contribution in [1.82, 2.24) is 0 Å². The van der Waals surface area contributed by atoms with Gasteiger partial charge in [0.1, 0.15) is 12.4 Å². The zero-order valence-corrected chi connectivity index (χ0v) is 11.9. The number of rotatable bonds is 6. The van der Waals surface area contributed by atoms with Gasteiger partial charge in [0.2, 0.25) is 0 Å². The van der Waals surface area contributed by atoms with Crippen molar-refractivity contribution in [2.45, 2.75) is 26.4 Å². The molecule has 0 aromatic heterocycles. The Hall–Kier alpha value is -2.22. The number of ether oxygens (including phenoxy) is 2. The summed E-state index contributed by atoms with van der Waals surface area (Å²) in [5.41, 5.74) is -1.72. The predicted molar refractivity (Wildman–Crippen MR) is 71.2 cm³/mol. The van der Waals surface area contributed by atoms with Gasteiger partial charge in [0.25, 0.3) is 0 Å². The summed E-state index contributed by atoms with van der Waals surface area (Å²) in [4.78, 5) is 20.8. The second kappa shape index (κ2) is 6.49. The first-order chi connectivity index (χ1) is 9.61. The number of carboxylic acids is 1. The van der Waals surface area contributed by atoms with Gasteiger partial charge in [-0.1, -0.05) is 0 Å². The number of nitrogens with zero attached hydrogens (tertiary/aromatic N) is 1. The molecule has 0 saturated carbocycles. The Labute approximate surface area is 120 Å². The van der Waals surface area contributed by atoms with E-state index < -0.39 is 33.6 Å². The molecular formula is C13H16FNO6. The molecular weight excluding hydrogens is 285 g/mol. The monoisotopic (exact) mass is 301 g/mol. The van der Waals surface area contributed by atoms with Crippen LogP contribution in [0.2, 0.25) is 0 Å². The van der Waals surface area contributed by atoms with Crippen molar-refractivity contribution in [2.24, 2.45) is 0 Å². The standard InChI is InChI=1S/C13H16FNO6/c1-13(2,3)21-5-4-20-11-6-8(12(16)17)9(14)7-10(11)15(18)19/h6-7H,4-5H2,1-3H3,(H,16,17). The highest BCUT2D eigenvalue weighted by molar-refractivity contribution is 5.89. The molecule has 0 spiro atoms. The first-order valence-corrected chi connectivity index (χ1v) is 6.10. The summed E-state index contributed by atoms with van der Waals surface area (Å²) >= 11 is 0. The lowest BCUT2D eigenvalue weighted by Gasteiger charge is -2.19. The molecule has 1 aromatic rings. The summed E-state index contributed by atoms with van der Waals surface area (Å²) in [6.45, 7) is 5.62. The van der Waals surface area contributed by atoms with Crippen molar-refractivity contribution in [1.29, 1.82) is 0 Å². The number of hydrogen-bond donors (Lipinski definition) is 1. The highest BCUT2D eigenvalue weighted by Crippen LogP contribution is 2.30. The lowest BCUT2D eigenvalue weighted by atomic mass is 10.2. The third-order valence-electron chi connectivity index (χ3n) is 2.35. The predicted octanol–water partition coefficient (Wildman–Crippen LogP) is 2.63. The number of nitro groups is 1. The third-order valence-corrected chi connectivity index (χ3v) is 2.35. The lowest BCUT2D eigenvalue weighted by Crippen LogP contribution is -2.22.